The molecule has 0 amide bonds. The first kappa shape index (κ1) is 20.0. The Labute approximate surface area is 130 Å². The summed E-state index contributed by atoms with van der Waals surface area (Å²) in [7, 11) is 0. The van der Waals surface area contributed by atoms with Crippen LogP contribution in [-0.2, 0) is 0 Å². The van der Waals surface area contributed by atoms with Crippen LogP contribution in [0.3, 0.4) is 0 Å². The normalized spacial score (nSPS) is 14.7. The van der Waals surface area contributed by atoms with Crippen molar-refractivity contribution in [3.8, 4) is 0 Å². The van der Waals surface area contributed by atoms with Crippen molar-refractivity contribution in [1.29, 1.82) is 0 Å². The molecule has 0 aromatic carbocycles. The Bertz CT molecular complexity index is 178. The van der Waals surface area contributed by atoms with Gasteiger partial charge in [0.1, 0.15) is 0 Å². The molecule has 0 heterocycles. The Morgan fingerprint density at radius 2 is 1.00 bits per heavy atom. The highest BCUT2D eigenvalue weighted by molar-refractivity contribution is 4.65. The molecule has 0 spiro atoms. The molecular formula is C20H42. The molecule has 20 heavy (non-hydrogen) atoms. The van der Waals surface area contributed by atoms with Crippen LogP contribution in [-0.4, -0.2) is 0 Å². The zero-order chi connectivity index (χ0) is 15.2. The Morgan fingerprint density at radius 1 is 0.550 bits per heavy atom. The summed E-state index contributed by atoms with van der Waals surface area (Å²) in [4.78, 5) is 0. The lowest BCUT2D eigenvalue weighted by atomic mass is 9.86. The SMILES string of the molecule is CCCC(CCC)CCCC(CCC)CCC(C)CC. The molecule has 0 saturated heterocycles. The van der Waals surface area contributed by atoms with Gasteiger partial charge in [0.2, 0.25) is 0 Å². The number of rotatable bonds is 14. The third kappa shape index (κ3) is 10.7. The van der Waals surface area contributed by atoms with Gasteiger partial charge in [0.15, 0.2) is 0 Å². The van der Waals surface area contributed by atoms with Crippen LogP contribution in [0.25, 0.3) is 0 Å². The zero-order valence-electron chi connectivity index (χ0n) is 15.2. The molecule has 0 rings (SSSR count). The van der Waals surface area contributed by atoms with E-state index in [4.69, 9.17) is 0 Å². The van der Waals surface area contributed by atoms with E-state index < -0.39 is 0 Å². The van der Waals surface area contributed by atoms with Gasteiger partial charge in [0, 0.05) is 0 Å². The van der Waals surface area contributed by atoms with Gasteiger partial charge in [0.05, 0.1) is 0 Å². The van der Waals surface area contributed by atoms with Crippen LogP contribution in [0.2, 0.25) is 0 Å². The molecule has 0 nitrogen and oxygen atoms in total. The van der Waals surface area contributed by atoms with Crippen molar-refractivity contribution in [2.24, 2.45) is 17.8 Å². The molecule has 0 heteroatoms. The molecule has 2 unspecified atom stereocenters. The highest BCUT2D eigenvalue weighted by Crippen LogP contribution is 2.27. The summed E-state index contributed by atoms with van der Waals surface area (Å²) >= 11 is 0. The minimum Gasteiger partial charge on any atom is -0.0654 e. The summed E-state index contributed by atoms with van der Waals surface area (Å²) in [5.74, 6) is 2.96. The standard InChI is InChI=1S/C20H42/c1-6-11-19(12-7-2)14-10-15-20(13-8-3)17-16-18(5)9-4/h18-20H,6-17H2,1-5H3. The lowest BCUT2D eigenvalue weighted by Gasteiger charge is -2.20. The fourth-order valence-corrected chi connectivity index (χ4v) is 3.51. The lowest BCUT2D eigenvalue weighted by molar-refractivity contribution is 0.327. The van der Waals surface area contributed by atoms with E-state index in [0.29, 0.717) is 0 Å². The van der Waals surface area contributed by atoms with Crippen LogP contribution in [0.4, 0.5) is 0 Å². The molecule has 0 aromatic rings. The molecule has 0 fully saturated rings. The van der Waals surface area contributed by atoms with Crippen LogP contribution in [0.15, 0.2) is 0 Å². The van der Waals surface area contributed by atoms with E-state index in [0.717, 1.165) is 17.8 Å². The summed E-state index contributed by atoms with van der Waals surface area (Å²) < 4.78 is 0. The van der Waals surface area contributed by atoms with Crippen molar-refractivity contribution in [2.45, 2.75) is 112 Å². The first-order valence-electron chi connectivity index (χ1n) is 9.67. The first-order chi connectivity index (χ1) is 9.67. The summed E-state index contributed by atoms with van der Waals surface area (Å²) in [5, 5.41) is 0. The molecular weight excluding hydrogens is 240 g/mol. The average Bonchev–Trinajstić information content (AvgIpc) is 2.44. The summed E-state index contributed by atoms with van der Waals surface area (Å²) in [5.41, 5.74) is 0. The maximum absolute atomic E-state index is 2.42. The first-order valence-corrected chi connectivity index (χ1v) is 9.67. The Hall–Kier alpha value is 0. The van der Waals surface area contributed by atoms with Gasteiger partial charge in [-0.1, -0.05) is 112 Å². The fourth-order valence-electron chi connectivity index (χ4n) is 3.51. The molecule has 0 aromatic heterocycles. The smallest absolute Gasteiger partial charge is 0.0414 e. The highest BCUT2D eigenvalue weighted by atomic mass is 14.2. The van der Waals surface area contributed by atoms with Gasteiger partial charge in [-0.25, -0.2) is 0 Å². The fraction of sp³-hybridized carbons (Fsp3) is 1.00. The van der Waals surface area contributed by atoms with E-state index in [1.807, 2.05) is 0 Å². The van der Waals surface area contributed by atoms with E-state index >= 15 is 0 Å². The zero-order valence-corrected chi connectivity index (χ0v) is 15.2. The topological polar surface area (TPSA) is 0 Å². The van der Waals surface area contributed by atoms with Gasteiger partial charge in [-0.05, 0) is 17.8 Å². The number of hydrogen-bond acceptors (Lipinski definition) is 0. The highest BCUT2D eigenvalue weighted by Gasteiger charge is 2.12. The predicted molar refractivity (Wildman–Crippen MR) is 94.2 cm³/mol. The number of hydrogen-bond donors (Lipinski definition) is 0. The van der Waals surface area contributed by atoms with Gasteiger partial charge in [-0.3, -0.25) is 0 Å². The van der Waals surface area contributed by atoms with Crippen molar-refractivity contribution in [3.05, 3.63) is 0 Å². The van der Waals surface area contributed by atoms with Gasteiger partial charge in [-0.2, -0.15) is 0 Å². The van der Waals surface area contributed by atoms with Gasteiger partial charge < -0.3 is 0 Å². The van der Waals surface area contributed by atoms with E-state index in [1.165, 1.54) is 77.0 Å². The van der Waals surface area contributed by atoms with Crippen LogP contribution < -0.4 is 0 Å². The molecule has 0 aliphatic rings. The van der Waals surface area contributed by atoms with E-state index in [1.54, 1.807) is 0 Å². The molecule has 0 saturated carbocycles. The molecule has 0 N–H and O–H groups in total. The second kappa shape index (κ2) is 14.0. The summed E-state index contributed by atoms with van der Waals surface area (Å²) in [6.45, 7) is 11.8. The van der Waals surface area contributed by atoms with Crippen LogP contribution >= 0.6 is 0 Å². The molecule has 2 atom stereocenters. The molecule has 0 bridgehead atoms. The van der Waals surface area contributed by atoms with Crippen molar-refractivity contribution in [2.75, 3.05) is 0 Å². The molecule has 122 valence electrons. The van der Waals surface area contributed by atoms with Crippen LogP contribution in [0, 0.1) is 17.8 Å². The Kier molecular flexibility index (Phi) is 14.0. The second-order valence-corrected chi connectivity index (χ2v) is 7.12. The third-order valence-corrected chi connectivity index (χ3v) is 5.08. The van der Waals surface area contributed by atoms with Crippen LogP contribution in [0.5, 0.6) is 0 Å². The quantitative estimate of drug-likeness (QED) is 0.307. The molecule has 0 radical (unpaired) electrons. The van der Waals surface area contributed by atoms with Gasteiger partial charge >= 0.3 is 0 Å². The van der Waals surface area contributed by atoms with E-state index in [-0.39, 0.29) is 0 Å². The van der Waals surface area contributed by atoms with Crippen molar-refractivity contribution < 1.29 is 0 Å². The summed E-state index contributed by atoms with van der Waals surface area (Å²) in [6.07, 6.45) is 17.3. The minimum atomic E-state index is 0.933. The molecule has 0 aliphatic carbocycles. The van der Waals surface area contributed by atoms with E-state index in [9.17, 15) is 0 Å². The third-order valence-electron chi connectivity index (χ3n) is 5.08. The largest absolute Gasteiger partial charge is 0.0654 e. The maximum Gasteiger partial charge on any atom is -0.0414 e. The van der Waals surface area contributed by atoms with Crippen molar-refractivity contribution >= 4 is 0 Å². The second-order valence-electron chi connectivity index (χ2n) is 7.12. The Morgan fingerprint density at radius 3 is 1.40 bits per heavy atom. The monoisotopic (exact) mass is 282 g/mol. The lowest BCUT2D eigenvalue weighted by Crippen LogP contribution is -2.06. The maximum atomic E-state index is 2.42. The van der Waals surface area contributed by atoms with E-state index in [2.05, 4.69) is 34.6 Å². The predicted octanol–water partition coefficient (Wildman–Crippen LogP) is 7.62. The Balaban J connectivity index is 3.92. The van der Waals surface area contributed by atoms with Gasteiger partial charge in [0.25, 0.3) is 0 Å². The average molecular weight is 283 g/mol. The van der Waals surface area contributed by atoms with Crippen LogP contribution in [0.1, 0.15) is 112 Å². The van der Waals surface area contributed by atoms with Crippen molar-refractivity contribution in [1.82, 2.24) is 0 Å². The van der Waals surface area contributed by atoms with Crippen molar-refractivity contribution in [3.63, 3.8) is 0 Å². The molecule has 0 aliphatic heterocycles. The summed E-state index contributed by atoms with van der Waals surface area (Å²) in [6, 6.07) is 0. The minimum absolute atomic E-state index is 0.933. The van der Waals surface area contributed by atoms with Gasteiger partial charge in [-0.15, -0.1) is 0 Å².